The van der Waals surface area contributed by atoms with Gasteiger partial charge in [-0.15, -0.1) is 0 Å². The number of likely N-dealkylation sites (tertiary alicyclic amines) is 1. The van der Waals surface area contributed by atoms with Gasteiger partial charge >= 0.3 is 0 Å². The summed E-state index contributed by atoms with van der Waals surface area (Å²) in [6, 6.07) is 9.60. The number of nitrogens with zero attached hydrogens (tertiary/aromatic N) is 2. The van der Waals surface area contributed by atoms with Gasteiger partial charge in [0.05, 0.1) is 31.0 Å². The summed E-state index contributed by atoms with van der Waals surface area (Å²) in [4.78, 5) is 18.8. The summed E-state index contributed by atoms with van der Waals surface area (Å²) in [5.74, 6) is 1.12. The van der Waals surface area contributed by atoms with Gasteiger partial charge in [-0.2, -0.15) is 0 Å². The molecule has 1 aliphatic heterocycles. The Morgan fingerprint density at radius 1 is 1.36 bits per heavy atom. The fourth-order valence-corrected chi connectivity index (χ4v) is 2.86. The molecule has 0 spiro atoms. The Morgan fingerprint density at radius 2 is 2.32 bits per heavy atom. The van der Waals surface area contributed by atoms with Gasteiger partial charge < -0.3 is 9.73 Å². The molecule has 1 saturated heterocycles. The van der Waals surface area contributed by atoms with E-state index in [1.54, 1.807) is 12.5 Å². The van der Waals surface area contributed by atoms with Gasteiger partial charge in [-0.25, -0.2) is 0 Å². The third kappa shape index (κ3) is 3.95. The highest BCUT2D eigenvalue weighted by atomic mass is 16.3. The first kappa shape index (κ1) is 14.8. The fraction of sp³-hybridized carbons (Fsp3) is 0.412. The molecule has 1 fully saturated rings. The monoisotopic (exact) mass is 299 g/mol. The highest BCUT2D eigenvalue weighted by Gasteiger charge is 2.26. The minimum absolute atomic E-state index is 0.0485. The zero-order chi connectivity index (χ0) is 15.2. The van der Waals surface area contributed by atoms with Gasteiger partial charge in [0.15, 0.2) is 0 Å². The van der Waals surface area contributed by atoms with Crippen molar-refractivity contribution in [3.05, 3.63) is 54.2 Å². The maximum atomic E-state index is 12.3. The van der Waals surface area contributed by atoms with E-state index in [0.29, 0.717) is 6.54 Å². The van der Waals surface area contributed by atoms with Crippen LogP contribution in [0.15, 0.2) is 47.2 Å². The van der Waals surface area contributed by atoms with E-state index in [2.05, 4.69) is 15.2 Å². The molecule has 116 valence electrons. The zero-order valence-corrected chi connectivity index (χ0v) is 12.6. The molecular weight excluding hydrogens is 278 g/mol. The van der Waals surface area contributed by atoms with Crippen LogP contribution in [-0.4, -0.2) is 28.9 Å². The van der Waals surface area contributed by atoms with Gasteiger partial charge in [0, 0.05) is 12.7 Å². The summed E-state index contributed by atoms with van der Waals surface area (Å²) >= 11 is 0. The molecule has 0 aliphatic carbocycles. The number of amides is 1. The molecular formula is C17H21N3O2. The van der Waals surface area contributed by atoms with Crippen LogP contribution in [0.2, 0.25) is 0 Å². The van der Waals surface area contributed by atoms with Crippen LogP contribution in [0.3, 0.4) is 0 Å². The third-order valence-electron chi connectivity index (χ3n) is 4.01. The van der Waals surface area contributed by atoms with Crippen LogP contribution in [-0.2, 0) is 17.9 Å². The van der Waals surface area contributed by atoms with Crippen molar-refractivity contribution in [3.63, 3.8) is 0 Å². The van der Waals surface area contributed by atoms with Crippen LogP contribution < -0.4 is 5.32 Å². The van der Waals surface area contributed by atoms with Gasteiger partial charge in [-0.05, 0) is 43.7 Å². The molecule has 0 radical (unpaired) electrons. The minimum atomic E-state index is 0.0485. The van der Waals surface area contributed by atoms with Crippen molar-refractivity contribution in [3.8, 4) is 0 Å². The molecule has 3 rings (SSSR count). The molecule has 0 unspecified atom stereocenters. The van der Waals surface area contributed by atoms with Gasteiger partial charge in [-0.1, -0.05) is 6.07 Å². The first-order valence-corrected chi connectivity index (χ1v) is 7.73. The zero-order valence-electron chi connectivity index (χ0n) is 12.6. The van der Waals surface area contributed by atoms with Crippen LogP contribution >= 0.6 is 0 Å². The Kier molecular flexibility index (Phi) is 4.85. The quantitative estimate of drug-likeness (QED) is 0.919. The SMILES string of the molecule is O=C(NCc1ccccn1)[C@@H]1CCCN(Cc2ccco2)C1. The van der Waals surface area contributed by atoms with E-state index >= 15 is 0 Å². The Morgan fingerprint density at radius 3 is 3.09 bits per heavy atom. The summed E-state index contributed by atoms with van der Waals surface area (Å²) in [5, 5.41) is 3.00. The standard InChI is InChI=1S/C17H21N3O2/c21-17(19-11-15-6-1-2-8-18-15)14-5-3-9-20(12-14)13-16-7-4-10-22-16/h1-2,4,6-8,10,14H,3,5,9,11-13H2,(H,19,21)/t14-/m1/s1. The number of piperidine rings is 1. The highest BCUT2D eigenvalue weighted by Crippen LogP contribution is 2.19. The molecule has 3 heterocycles. The summed E-state index contributed by atoms with van der Waals surface area (Å²) in [7, 11) is 0. The van der Waals surface area contributed by atoms with Crippen LogP contribution in [0.25, 0.3) is 0 Å². The largest absolute Gasteiger partial charge is 0.468 e. The van der Waals surface area contributed by atoms with Crippen molar-refractivity contribution >= 4 is 5.91 Å². The van der Waals surface area contributed by atoms with E-state index in [-0.39, 0.29) is 11.8 Å². The Labute approximate surface area is 130 Å². The lowest BCUT2D eigenvalue weighted by Crippen LogP contribution is -2.42. The maximum absolute atomic E-state index is 12.3. The molecule has 1 atom stereocenters. The molecule has 1 aliphatic rings. The van der Waals surface area contributed by atoms with Gasteiger partial charge in [-0.3, -0.25) is 14.7 Å². The first-order chi connectivity index (χ1) is 10.8. The third-order valence-corrected chi connectivity index (χ3v) is 4.01. The van der Waals surface area contributed by atoms with Crippen molar-refractivity contribution in [1.29, 1.82) is 0 Å². The highest BCUT2D eigenvalue weighted by molar-refractivity contribution is 5.78. The number of hydrogen-bond acceptors (Lipinski definition) is 4. The molecule has 22 heavy (non-hydrogen) atoms. The second kappa shape index (κ2) is 7.22. The normalized spacial score (nSPS) is 19.0. The lowest BCUT2D eigenvalue weighted by Gasteiger charge is -2.31. The lowest BCUT2D eigenvalue weighted by atomic mass is 9.97. The smallest absolute Gasteiger partial charge is 0.224 e. The molecule has 0 saturated carbocycles. The Bertz CT molecular complexity index is 583. The average Bonchev–Trinajstić information content (AvgIpc) is 3.07. The van der Waals surface area contributed by atoms with Gasteiger partial charge in [0.2, 0.25) is 5.91 Å². The van der Waals surface area contributed by atoms with E-state index in [9.17, 15) is 4.79 Å². The van der Waals surface area contributed by atoms with Crippen molar-refractivity contribution in [2.24, 2.45) is 5.92 Å². The molecule has 2 aromatic heterocycles. The lowest BCUT2D eigenvalue weighted by molar-refractivity contribution is -0.127. The van der Waals surface area contributed by atoms with Crippen LogP contribution in [0.1, 0.15) is 24.3 Å². The number of nitrogens with one attached hydrogen (secondary N) is 1. The van der Waals surface area contributed by atoms with Crippen LogP contribution in [0.4, 0.5) is 0 Å². The first-order valence-electron chi connectivity index (χ1n) is 7.73. The molecule has 2 aromatic rings. The van der Waals surface area contributed by atoms with E-state index < -0.39 is 0 Å². The maximum Gasteiger partial charge on any atom is 0.224 e. The van der Waals surface area contributed by atoms with Crippen molar-refractivity contribution in [2.45, 2.75) is 25.9 Å². The number of furan rings is 1. The molecule has 0 bridgehead atoms. The molecule has 1 N–H and O–H groups in total. The van der Waals surface area contributed by atoms with E-state index in [4.69, 9.17) is 4.42 Å². The van der Waals surface area contributed by atoms with E-state index in [0.717, 1.165) is 43.9 Å². The number of aromatic nitrogens is 1. The van der Waals surface area contributed by atoms with Gasteiger partial charge in [0.25, 0.3) is 0 Å². The number of carbonyl (C=O) groups is 1. The van der Waals surface area contributed by atoms with E-state index in [1.165, 1.54) is 0 Å². The minimum Gasteiger partial charge on any atom is -0.468 e. The Hall–Kier alpha value is -2.14. The average molecular weight is 299 g/mol. The fourth-order valence-electron chi connectivity index (χ4n) is 2.86. The number of rotatable bonds is 5. The molecule has 5 nitrogen and oxygen atoms in total. The van der Waals surface area contributed by atoms with Crippen molar-refractivity contribution in [2.75, 3.05) is 13.1 Å². The number of carbonyl (C=O) groups excluding carboxylic acids is 1. The summed E-state index contributed by atoms with van der Waals surface area (Å²) in [5.41, 5.74) is 0.888. The topological polar surface area (TPSA) is 58.4 Å². The van der Waals surface area contributed by atoms with Crippen molar-refractivity contribution in [1.82, 2.24) is 15.2 Å². The number of hydrogen-bond donors (Lipinski definition) is 1. The Balaban J connectivity index is 1.49. The van der Waals surface area contributed by atoms with Crippen LogP contribution in [0.5, 0.6) is 0 Å². The molecule has 0 aromatic carbocycles. The van der Waals surface area contributed by atoms with E-state index in [1.807, 2.05) is 30.3 Å². The molecule has 1 amide bonds. The predicted molar refractivity (Wildman–Crippen MR) is 82.8 cm³/mol. The second-order valence-electron chi connectivity index (χ2n) is 5.69. The summed E-state index contributed by atoms with van der Waals surface area (Å²) in [6.07, 6.45) is 5.43. The van der Waals surface area contributed by atoms with Crippen molar-refractivity contribution < 1.29 is 9.21 Å². The summed E-state index contributed by atoms with van der Waals surface area (Å²) in [6.45, 7) is 3.07. The predicted octanol–water partition coefficient (Wildman–Crippen LogP) is 2.20. The number of pyridine rings is 1. The van der Waals surface area contributed by atoms with Crippen LogP contribution in [0, 0.1) is 5.92 Å². The summed E-state index contributed by atoms with van der Waals surface area (Å²) < 4.78 is 5.39. The molecule has 5 heteroatoms. The van der Waals surface area contributed by atoms with Gasteiger partial charge in [0.1, 0.15) is 5.76 Å². The second-order valence-corrected chi connectivity index (χ2v) is 5.69.